The summed E-state index contributed by atoms with van der Waals surface area (Å²) in [6.45, 7) is 12.8. The Morgan fingerprint density at radius 1 is 1.00 bits per heavy atom. The molecule has 0 amide bonds. The normalized spacial score (nSPS) is 21.0. The summed E-state index contributed by atoms with van der Waals surface area (Å²) in [4.78, 5) is 4.27. The van der Waals surface area contributed by atoms with E-state index < -0.39 is 0 Å². The Hall–Kier alpha value is -1.25. The topological polar surface area (TPSA) is 33.6 Å². The van der Waals surface area contributed by atoms with E-state index in [0.29, 0.717) is 0 Å². The highest BCUT2D eigenvalue weighted by Crippen LogP contribution is 2.12. The third-order valence-corrected chi connectivity index (χ3v) is 4.05. The van der Waals surface area contributed by atoms with E-state index in [4.69, 9.17) is 4.74 Å². The molecule has 0 aliphatic carbocycles. The molecule has 3 aliphatic heterocycles. The van der Waals surface area contributed by atoms with Gasteiger partial charge in [-0.2, -0.15) is 0 Å². The first-order valence-electron chi connectivity index (χ1n) is 8.96. The summed E-state index contributed by atoms with van der Waals surface area (Å²) in [5.41, 5.74) is 2.64. The molecule has 3 rings (SSSR count). The highest BCUT2D eigenvalue weighted by atomic mass is 16.5. The smallest absolute Gasteiger partial charge is 0.0888 e. The first-order chi connectivity index (χ1) is 10.7. The molecule has 0 aromatic carbocycles. The van der Waals surface area contributed by atoms with Crippen molar-refractivity contribution in [1.29, 1.82) is 0 Å². The second-order valence-corrected chi connectivity index (χ2v) is 6.09. The van der Waals surface area contributed by atoms with Crippen LogP contribution in [-0.2, 0) is 4.74 Å². The molecule has 2 saturated heterocycles. The van der Waals surface area contributed by atoms with Crippen molar-refractivity contribution < 1.29 is 4.74 Å². The summed E-state index contributed by atoms with van der Waals surface area (Å²) < 4.78 is 5.08. The zero-order valence-electron chi connectivity index (χ0n) is 14.5. The number of ether oxygens (including phenoxy) is 1. The van der Waals surface area contributed by atoms with Crippen LogP contribution in [-0.4, -0.2) is 25.4 Å². The van der Waals surface area contributed by atoms with Crippen molar-refractivity contribution in [2.75, 3.05) is 19.7 Å². The van der Waals surface area contributed by atoms with Gasteiger partial charge in [0, 0.05) is 30.9 Å². The number of hydrogen-bond acceptors (Lipinski definition) is 3. The zero-order valence-corrected chi connectivity index (χ0v) is 14.5. The van der Waals surface area contributed by atoms with E-state index in [9.17, 15) is 0 Å². The molecular formula is C19H34N2O. The fourth-order valence-electron chi connectivity index (χ4n) is 2.59. The molecule has 0 spiro atoms. The van der Waals surface area contributed by atoms with Crippen LogP contribution in [0.25, 0.3) is 0 Å². The third-order valence-electron chi connectivity index (χ3n) is 4.05. The van der Waals surface area contributed by atoms with E-state index >= 15 is 0 Å². The quantitative estimate of drug-likeness (QED) is 0.740. The van der Waals surface area contributed by atoms with Gasteiger partial charge in [0.25, 0.3) is 0 Å². The Bertz CT molecular complexity index is 342. The molecule has 0 bridgehead atoms. The fraction of sp³-hybridized carbons (Fsp3) is 0.737. The van der Waals surface area contributed by atoms with Gasteiger partial charge in [-0.05, 0) is 51.4 Å². The van der Waals surface area contributed by atoms with Crippen LogP contribution in [0.5, 0.6) is 0 Å². The van der Waals surface area contributed by atoms with Crippen molar-refractivity contribution >= 4 is 5.71 Å². The molecule has 3 nitrogen and oxygen atoms in total. The van der Waals surface area contributed by atoms with Crippen molar-refractivity contribution in [3.8, 4) is 0 Å². The van der Waals surface area contributed by atoms with Crippen LogP contribution < -0.4 is 5.32 Å². The van der Waals surface area contributed by atoms with E-state index in [1.807, 2.05) is 0 Å². The zero-order chi connectivity index (χ0) is 16.0. The van der Waals surface area contributed by atoms with Gasteiger partial charge < -0.3 is 10.1 Å². The van der Waals surface area contributed by atoms with Crippen molar-refractivity contribution in [2.24, 2.45) is 4.99 Å². The van der Waals surface area contributed by atoms with Gasteiger partial charge in [-0.25, -0.2) is 0 Å². The van der Waals surface area contributed by atoms with E-state index in [1.54, 1.807) is 0 Å². The molecule has 0 aromatic heterocycles. The lowest BCUT2D eigenvalue weighted by Crippen LogP contribution is -2.10. The minimum Gasteiger partial charge on any atom is -0.499 e. The SMILES string of the molecule is C=C1CCCCCN1.C=C1CCCCO1.CCC1=NCCC1. The average molecular weight is 306 g/mol. The molecule has 0 radical (unpaired) electrons. The lowest BCUT2D eigenvalue weighted by atomic mass is 10.2. The molecule has 3 heteroatoms. The van der Waals surface area contributed by atoms with Crippen molar-refractivity contribution in [3.05, 3.63) is 24.6 Å². The van der Waals surface area contributed by atoms with Gasteiger partial charge in [0.05, 0.1) is 12.4 Å². The van der Waals surface area contributed by atoms with Crippen molar-refractivity contribution in [3.63, 3.8) is 0 Å². The lowest BCUT2D eigenvalue weighted by molar-refractivity contribution is 0.168. The Morgan fingerprint density at radius 2 is 1.82 bits per heavy atom. The van der Waals surface area contributed by atoms with E-state index in [1.165, 1.54) is 69.2 Å². The van der Waals surface area contributed by atoms with Gasteiger partial charge in [-0.15, -0.1) is 0 Å². The summed E-state index contributed by atoms with van der Waals surface area (Å²) in [6, 6.07) is 0. The molecule has 126 valence electrons. The summed E-state index contributed by atoms with van der Waals surface area (Å²) in [6.07, 6.45) is 12.5. The summed E-state index contributed by atoms with van der Waals surface area (Å²) in [7, 11) is 0. The Morgan fingerprint density at radius 3 is 2.32 bits per heavy atom. The van der Waals surface area contributed by atoms with Crippen LogP contribution in [0, 0.1) is 0 Å². The van der Waals surface area contributed by atoms with Crippen LogP contribution >= 0.6 is 0 Å². The molecule has 0 unspecified atom stereocenters. The predicted octanol–water partition coefficient (Wildman–Crippen LogP) is 5.00. The summed E-state index contributed by atoms with van der Waals surface area (Å²) in [5.74, 6) is 0.964. The monoisotopic (exact) mass is 306 g/mol. The minimum atomic E-state index is 0.888. The highest BCUT2D eigenvalue weighted by Gasteiger charge is 2.01. The van der Waals surface area contributed by atoms with E-state index in [0.717, 1.165) is 31.9 Å². The molecule has 2 fully saturated rings. The van der Waals surface area contributed by atoms with Gasteiger partial charge in [-0.3, -0.25) is 4.99 Å². The van der Waals surface area contributed by atoms with Crippen LogP contribution in [0.15, 0.2) is 29.6 Å². The molecular weight excluding hydrogens is 272 g/mol. The third kappa shape index (κ3) is 9.64. The number of aliphatic imine (C=N–C) groups is 1. The average Bonchev–Trinajstić information content (AvgIpc) is 2.96. The van der Waals surface area contributed by atoms with Gasteiger partial charge in [0.15, 0.2) is 0 Å². The molecule has 0 atom stereocenters. The second-order valence-electron chi connectivity index (χ2n) is 6.09. The molecule has 22 heavy (non-hydrogen) atoms. The molecule has 0 saturated carbocycles. The molecule has 3 aliphatic rings. The van der Waals surface area contributed by atoms with Gasteiger partial charge >= 0.3 is 0 Å². The van der Waals surface area contributed by atoms with Crippen molar-refractivity contribution in [2.45, 2.75) is 71.1 Å². The maximum Gasteiger partial charge on any atom is 0.0888 e. The maximum atomic E-state index is 5.08. The minimum absolute atomic E-state index is 0.888. The Kier molecular flexibility index (Phi) is 10.5. The first kappa shape index (κ1) is 18.8. The standard InChI is InChI=1S/C7H13N.C6H11N.C6H10O/c1-7-5-3-2-4-6-8-7;1-2-6-4-3-5-7-6;1-6-4-2-3-5-7-6/h8H,1-6H2;2-5H2,1H3;1-5H2. The lowest BCUT2D eigenvalue weighted by Gasteiger charge is -2.13. The number of allylic oxidation sites excluding steroid dienone is 2. The predicted molar refractivity (Wildman–Crippen MR) is 96.4 cm³/mol. The summed E-state index contributed by atoms with van der Waals surface area (Å²) >= 11 is 0. The molecule has 0 aromatic rings. The fourth-order valence-corrected chi connectivity index (χ4v) is 2.59. The van der Waals surface area contributed by atoms with Crippen molar-refractivity contribution in [1.82, 2.24) is 5.32 Å². The summed E-state index contributed by atoms with van der Waals surface area (Å²) in [5, 5.41) is 3.25. The largest absolute Gasteiger partial charge is 0.499 e. The van der Waals surface area contributed by atoms with E-state index in [2.05, 4.69) is 30.4 Å². The maximum absolute atomic E-state index is 5.08. The van der Waals surface area contributed by atoms with E-state index in [-0.39, 0.29) is 0 Å². The van der Waals surface area contributed by atoms with Crippen LogP contribution in [0.2, 0.25) is 0 Å². The second kappa shape index (κ2) is 12.3. The number of nitrogens with zero attached hydrogens (tertiary/aromatic N) is 1. The van der Waals surface area contributed by atoms with Crippen LogP contribution in [0.4, 0.5) is 0 Å². The highest BCUT2D eigenvalue weighted by molar-refractivity contribution is 5.85. The Labute approximate surface area is 136 Å². The molecule has 1 N–H and O–H groups in total. The van der Waals surface area contributed by atoms with Gasteiger partial charge in [0.1, 0.15) is 0 Å². The number of hydrogen-bond donors (Lipinski definition) is 1. The van der Waals surface area contributed by atoms with Gasteiger partial charge in [-0.1, -0.05) is 26.5 Å². The number of rotatable bonds is 1. The van der Waals surface area contributed by atoms with Crippen LogP contribution in [0.3, 0.4) is 0 Å². The first-order valence-corrected chi connectivity index (χ1v) is 8.96. The van der Waals surface area contributed by atoms with Crippen LogP contribution in [0.1, 0.15) is 71.1 Å². The van der Waals surface area contributed by atoms with Gasteiger partial charge in [0.2, 0.25) is 0 Å². The Balaban J connectivity index is 0.000000166. The number of nitrogens with one attached hydrogen (secondary N) is 1. The molecule has 3 heterocycles.